The molecule has 0 aromatic carbocycles. The van der Waals surface area contributed by atoms with Gasteiger partial charge in [-0.1, -0.05) is 0 Å². The van der Waals surface area contributed by atoms with Crippen molar-refractivity contribution in [3.05, 3.63) is 17.7 Å². The zero-order valence-corrected chi connectivity index (χ0v) is 11.5. The summed E-state index contributed by atoms with van der Waals surface area (Å²) in [4.78, 5) is 4.51. The van der Waals surface area contributed by atoms with E-state index in [-0.39, 0.29) is 5.92 Å². The summed E-state index contributed by atoms with van der Waals surface area (Å²) in [6, 6.07) is 0. The first-order valence-electron chi connectivity index (χ1n) is 6.88. The number of imidazole rings is 1. The van der Waals surface area contributed by atoms with Crippen molar-refractivity contribution in [3.63, 3.8) is 0 Å². The molecule has 4 nitrogen and oxygen atoms in total. The van der Waals surface area contributed by atoms with Gasteiger partial charge in [0.15, 0.2) is 9.84 Å². The van der Waals surface area contributed by atoms with Gasteiger partial charge in [0.05, 0.1) is 11.5 Å². The van der Waals surface area contributed by atoms with Gasteiger partial charge in [-0.25, -0.2) is 13.4 Å². The van der Waals surface area contributed by atoms with Gasteiger partial charge in [0.2, 0.25) is 0 Å². The average molecular weight is 268 g/mol. The minimum Gasteiger partial charge on any atom is -0.332 e. The molecule has 0 saturated carbocycles. The third kappa shape index (κ3) is 2.46. The van der Waals surface area contributed by atoms with Crippen molar-refractivity contribution in [3.8, 4) is 0 Å². The Bertz CT molecular complexity index is 533. The number of nitrogens with zero attached hydrogens (tertiary/aromatic N) is 2. The minimum absolute atomic E-state index is 0.275. The molecule has 1 unspecified atom stereocenters. The molecular formula is C13H20N2O2S. The summed E-state index contributed by atoms with van der Waals surface area (Å²) in [5.74, 6) is 2.11. The average Bonchev–Trinajstić information content (AvgIpc) is 2.72. The van der Waals surface area contributed by atoms with Crippen LogP contribution in [0.4, 0.5) is 0 Å². The molecule has 0 amide bonds. The summed E-state index contributed by atoms with van der Waals surface area (Å²) in [5.41, 5.74) is 1.33. The Kier molecular flexibility index (Phi) is 3.18. The highest BCUT2D eigenvalue weighted by Crippen LogP contribution is 2.24. The van der Waals surface area contributed by atoms with Crippen LogP contribution in [0.25, 0.3) is 0 Å². The number of aryl methyl sites for hydroxylation is 1. The molecule has 2 aliphatic heterocycles. The van der Waals surface area contributed by atoms with E-state index in [1.807, 2.05) is 6.20 Å². The van der Waals surface area contributed by atoms with Crippen molar-refractivity contribution >= 4 is 9.84 Å². The van der Waals surface area contributed by atoms with E-state index >= 15 is 0 Å². The van der Waals surface area contributed by atoms with Crippen LogP contribution >= 0.6 is 0 Å². The van der Waals surface area contributed by atoms with Gasteiger partial charge in [0.1, 0.15) is 5.82 Å². The van der Waals surface area contributed by atoms with Gasteiger partial charge < -0.3 is 4.57 Å². The van der Waals surface area contributed by atoms with Crippen LogP contribution in [0.15, 0.2) is 6.20 Å². The third-order valence-electron chi connectivity index (χ3n) is 4.11. The molecule has 0 aliphatic carbocycles. The van der Waals surface area contributed by atoms with Gasteiger partial charge in [-0.2, -0.15) is 0 Å². The molecule has 100 valence electrons. The van der Waals surface area contributed by atoms with Crippen LogP contribution in [0.5, 0.6) is 0 Å². The molecule has 2 aliphatic rings. The molecule has 1 aromatic heterocycles. The van der Waals surface area contributed by atoms with Crippen LogP contribution < -0.4 is 0 Å². The van der Waals surface area contributed by atoms with E-state index in [1.54, 1.807) is 0 Å². The van der Waals surface area contributed by atoms with Gasteiger partial charge in [0.25, 0.3) is 0 Å². The Morgan fingerprint density at radius 2 is 2.22 bits per heavy atom. The Morgan fingerprint density at radius 3 is 3.06 bits per heavy atom. The first-order chi connectivity index (χ1) is 8.64. The number of aromatic nitrogens is 2. The van der Waals surface area contributed by atoms with Crippen LogP contribution in [0.2, 0.25) is 0 Å². The van der Waals surface area contributed by atoms with Crippen molar-refractivity contribution in [1.29, 1.82) is 0 Å². The van der Waals surface area contributed by atoms with Gasteiger partial charge in [-0.15, -0.1) is 0 Å². The van der Waals surface area contributed by atoms with Crippen molar-refractivity contribution < 1.29 is 8.42 Å². The summed E-state index contributed by atoms with van der Waals surface area (Å²) in [5, 5.41) is 0. The van der Waals surface area contributed by atoms with Gasteiger partial charge >= 0.3 is 0 Å². The van der Waals surface area contributed by atoms with Gasteiger partial charge in [-0.05, 0) is 38.0 Å². The maximum absolute atomic E-state index is 11.7. The fraction of sp³-hybridized carbons (Fsp3) is 0.769. The fourth-order valence-corrected chi connectivity index (χ4v) is 4.98. The van der Waals surface area contributed by atoms with Crippen LogP contribution in [0.3, 0.4) is 0 Å². The van der Waals surface area contributed by atoms with Crippen molar-refractivity contribution in [2.45, 2.75) is 45.1 Å². The largest absolute Gasteiger partial charge is 0.332 e. The zero-order valence-electron chi connectivity index (χ0n) is 10.6. The van der Waals surface area contributed by atoms with E-state index in [1.165, 1.54) is 18.5 Å². The molecule has 3 rings (SSSR count). The van der Waals surface area contributed by atoms with E-state index in [9.17, 15) is 8.42 Å². The van der Waals surface area contributed by atoms with Crippen LogP contribution in [0, 0.1) is 5.92 Å². The predicted molar refractivity (Wildman–Crippen MR) is 70.2 cm³/mol. The fourth-order valence-electron chi connectivity index (χ4n) is 3.20. The molecule has 1 aromatic rings. The predicted octanol–water partition coefficient (Wildman–Crippen LogP) is 1.59. The second-order valence-corrected chi connectivity index (χ2v) is 7.83. The van der Waals surface area contributed by atoms with Crippen molar-refractivity contribution in [2.24, 2.45) is 5.92 Å². The van der Waals surface area contributed by atoms with E-state index in [2.05, 4.69) is 9.55 Å². The molecular weight excluding hydrogens is 248 g/mol. The number of rotatable bonds is 2. The standard InChI is InChI=1S/C13H20N2O2S/c16-18(17)7-3-4-11(10-18)8-13-14-9-12-5-1-2-6-15(12)13/h9,11H,1-8,10H2. The number of hydrogen-bond donors (Lipinski definition) is 0. The summed E-state index contributed by atoms with van der Waals surface area (Å²) in [7, 11) is -2.79. The van der Waals surface area contributed by atoms with E-state index < -0.39 is 9.84 Å². The smallest absolute Gasteiger partial charge is 0.150 e. The van der Waals surface area contributed by atoms with Crippen LogP contribution in [-0.4, -0.2) is 29.5 Å². The number of sulfone groups is 1. The van der Waals surface area contributed by atoms with Crippen LogP contribution in [-0.2, 0) is 29.2 Å². The van der Waals surface area contributed by atoms with E-state index in [4.69, 9.17) is 0 Å². The molecule has 0 spiro atoms. The number of hydrogen-bond acceptors (Lipinski definition) is 3. The summed E-state index contributed by atoms with van der Waals surface area (Å²) in [6.07, 6.45) is 8.26. The normalized spacial score (nSPS) is 26.8. The van der Waals surface area contributed by atoms with Gasteiger partial charge in [0, 0.05) is 24.9 Å². The molecule has 1 fully saturated rings. The zero-order chi connectivity index (χ0) is 12.6. The first kappa shape index (κ1) is 12.2. The summed E-state index contributed by atoms with van der Waals surface area (Å²) in [6.45, 7) is 1.06. The SMILES string of the molecule is O=S1(=O)CCCC(Cc2ncc3n2CCCC3)C1. The molecule has 0 radical (unpaired) electrons. The Labute approximate surface area is 108 Å². The third-order valence-corrected chi connectivity index (χ3v) is 6.00. The van der Waals surface area contributed by atoms with E-state index in [0.717, 1.165) is 38.1 Å². The lowest BCUT2D eigenvalue weighted by Crippen LogP contribution is -2.27. The molecule has 5 heteroatoms. The molecule has 0 N–H and O–H groups in total. The summed E-state index contributed by atoms with van der Waals surface area (Å²) < 4.78 is 25.6. The highest BCUT2D eigenvalue weighted by Gasteiger charge is 2.26. The molecule has 3 heterocycles. The highest BCUT2D eigenvalue weighted by molar-refractivity contribution is 7.91. The lowest BCUT2D eigenvalue weighted by atomic mass is 10.0. The lowest BCUT2D eigenvalue weighted by Gasteiger charge is -2.23. The minimum atomic E-state index is -2.79. The van der Waals surface area contributed by atoms with E-state index in [0.29, 0.717) is 11.5 Å². The second kappa shape index (κ2) is 4.68. The van der Waals surface area contributed by atoms with Crippen LogP contribution in [0.1, 0.15) is 37.2 Å². The van der Waals surface area contributed by atoms with Crippen molar-refractivity contribution in [2.75, 3.05) is 11.5 Å². The molecule has 1 atom stereocenters. The lowest BCUT2D eigenvalue weighted by molar-refractivity contribution is 0.450. The Hall–Kier alpha value is -0.840. The Morgan fingerprint density at radius 1 is 1.33 bits per heavy atom. The first-order valence-corrected chi connectivity index (χ1v) is 8.70. The number of fused-ring (bicyclic) bond motifs is 1. The molecule has 0 bridgehead atoms. The molecule has 18 heavy (non-hydrogen) atoms. The van der Waals surface area contributed by atoms with Gasteiger partial charge in [-0.3, -0.25) is 0 Å². The quantitative estimate of drug-likeness (QED) is 0.818. The van der Waals surface area contributed by atoms with Crippen molar-refractivity contribution in [1.82, 2.24) is 9.55 Å². The maximum atomic E-state index is 11.7. The topological polar surface area (TPSA) is 52.0 Å². The summed E-state index contributed by atoms with van der Waals surface area (Å²) >= 11 is 0. The monoisotopic (exact) mass is 268 g/mol. The highest BCUT2D eigenvalue weighted by atomic mass is 32.2. The Balaban J connectivity index is 1.74. The maximum Gasteiger partial charge on any atom is 0.150 e. The second-order valence-electron chi connectivity index (χ2n) is 5.60. The molecule has 1 saturated heterocycles.